The van der Waals surface area contributed by atoms with Crippen molar-refractivity contribution in [3.05, 3.63) is 157 Å². The van der Waals surface area contributed by atoms with Crippen LogP contribution in [0.5, 0.6) is 40.2 Å². The van der Waals surface area contributed by atoms with E-state index in [0.29, 0.717) is 69.8 Å². The van der Waals surface area contributed by atoms with Crippen LogP contribution in [0.2, 0.25) is 0 Å². The van der Waals surface area contributed by atoms with Crippen LogP contribution in [0.15, 0.2) is 95.7 Å². The van der Waals surface area contributed by atoms with Crippen molar-refractivity contribution in [1.82, 2.24) is 40.0 Å². The molecule has 3 N–H and O–H groups in total. The minimum absolute atomic E-state index is 0.00728. The number of Topliss-reactive ketones (excluding diaryl/α,β-unsaturated/α-hetero) is 1. The van der Waals surface area contributed by atoms with E-state index in [-0.39, 0.29) is 92.1 Å². The molecule has 5 aromatic carbocycles. The molecule has 2 amide bonds. The number of carbonyl (C=O) groups excluding carboxylic acids is 6. The van der Waals surface area contributed by atoms with Gasteiger partial charge in [-0.25, -0.2) is 19.2 Å². The largest absolute Gasteiger partial charge is 0.493 e. The molecule has 0 saturated carbocycles. The summed E-state index contributed by atoms with van der Waals surface area (Å²) in [5.74, 6) is 2.26. The Morgan fingerprint density at radius 1 is 0.692 bits per heavy atom. The maximum absolute atomic E-state index is 14.6. The SMILES string of the molecule is C=C(N(C)C)N(C)C.COCOc1c(OC)c(C)cc2c1[C@@H]1C3CC4(O)C(=O)C(C)=C5OCOC5=C4[C@H](COC(=O)[C@@H](CSCC4c5ccccc5-c5ccccc54)NC(=O)OCC(Cl)(Cl)Cl)N3[C@@H](C#N)[C@H](C2)N1C.COCOc1c(OC)c(C)cc2c1[C@@H]1C3[C@@H]4SC[C@@H](NC(=O)OCC(Cl)(Cl)Cl)C(=O)OC[C@@H](c5c6c(c(C)c(OC(C)=O)c54)OCO6)N3[C@@H](C#N)[C@H](C2)N1C. The molecule has 40 heteroatoms. The maximum atomic E-state index is 14.6. The van der Waals surface area contributed by atoms with Gasteiger partial charge in [-0.1, -0.05) is 137 Å². The molecule has 3 unspecified atom stereocenters. The molecular weight excluding hydrogens is 1850 g/mol. The molecule has 698 valence electrons. The predicted octanol–water partition coefficient (Wildman–Crippen LogP) is 12.2. The van der Waals surface area contributed by atoms with Crippen molar-refractivity contribution in [3.8, 4) is 63.5 Å². The Morgan fingerprint density at radius 3 is 1.78 bits per heavy atom. The summed E-state index contributed by atoms with van der Waals surface area (Å²) in [7, 11) is 18.0. The molecule has 0 radical (unpaired) electrons. The third-order valence-corrected chi connectivity index (χ3v) is 28.6. The Balaban J connectivity index is 0.000000196. The predicted molar refractivity (Wildman–Crippen MR) is 485 cm³/mol. The first kappa shape index (κ1) is 97.1. The van der Waals surface area contributed by atoms with Gasteiger partial charge in [0, 0.05) is 142 Å². The van der Waals surface area contributed by atoms with Crippen LogP contribution in [-0.4, -0.2) is 280 Å². The van der Waals surface area contributed by atoms with Gasteiger partial charge in [0.25, 0.3) is 0 Å². The fraction of sp³-hybridized carbons (Fsp3) is 0.511. The number of nitriles is 2. The third-order valence-electron chi connectivity index (χ3n) is 25.4. The van der Waals surface area contributed by atoms with E-state index in [1.165, 1.54) is 44.7 Å². The van der Waals surface area contributed by atoms with Crippen LogP contribution >= 0.6 is 93.1 Å². The first-order valence-electron chi connectivity index (χ1n) is 41.7. The lowest BCUT2D eigenvalue weighted by Gasteiger charge is -2.62. The quantitative estimate of drug-likeness (QED) is 0.0190. The molecule has 5 aromatic rings. The number of methoxy groups -OCH3 is 4. The molecule has 130 heavy (non-hydrogen) atoms. The van der Waals surface area contributed by atoms with Gasteiger partial charge in [0.05, 0.1) is 61.6 Å². The van der Waals surface area contributed by atoms with E-state index in [4.69, 9.17) is 141 Å². The number of cyclic esters (lactones) is 1. The van der Waals surface area contributed by atoms with E-state index in [0.717, 1.165) is 61.5 Å². The van der Waals surface area contributed by atoms with Crippen LogP contribution < -0.4 is 43.8 Å². The van der Waals surface area contributed by atoms with Gasteiger partial charge in [-0.15, -0.1) is 11.8 Å². The smallest absolute Gasteiger partial charge is 0.408 e. The Hall–Kier alpha value is -8.92. The molecule has 6 bridgehead atoms. The third kappa shape index (κ3) is 18.6. The summed E-state index contributed by atoms with van der Waals surface area (Å²) in [5.41, 5.74) is 9.67. The summed E-state index contributed by atoms with van der Waals surface area (Å²) in [5, 5.41) is 39.8. The van der Waals surface area contributed by atoms with Crippen LogP contribution in [0.4, 0.5) is 9.59 Å². The second-order valence-corrected chi connectivity index (χ2v) is 40.7. The van der Waals surface area contributed by atoms with Crippen molar-refractivity contribution >= 4 is 129 Å². The summed E-state index contributed by atoms with van der Waals surface area (Å²) >= 11 is 37.8. The number of aryl methyl sites for hydroxylation is 2. The number of esters is 3. The Bertz CT molecular complexity index is 5380. The van der Waals surface area contributed by atoms with Crippen LogP contribution in [-0.2, 0) is 69.9 Å². The summed E-state index contributed by atoms with van der Waals surface area (Å²) in [6.45, 7) is 9.99. The number of alkyl halides is 6. The monoisotopic (exact) mass is 1950 g/mol. The highest BCUT2D eigenvalue weighted by atomic mass is 35.6. The van der Waals surface area contributed by atoms with Gasteiger partial charge in [0.2, 0.25) is 21.2 Å². The van der Waals surface area contributed by atoms with E-state index in [1.54, 1.807) is 28.1 Å². The van der Waals surface area contributed by atoms with Gasteiger partial charge in [-0.3, -0.25) is 29.2 Å². The lowest BCUT2D eigenvalue weighted by Crippen LogP contribution is -2.74. The van der Waals surface area contributed by atoms with Crippen molar-refractivity contribution in [2.75, 3.05) is 142 Å². The van der Waals surface area contributed by atoms with E-state index in [9.17, 15) is 44.4 Å². The maximum Gasteiger partial charge on any atom is 0.408 e. The molecular formula is C90H102Cl6N10O22S2. The number of benzene rings is 5. The number of thioether (sulfide) groups is 2. The van der Waals surface area contributed by atoms with Crippen molar-refractivity contribution < 1.29 is 105 Å². The highest BCUT2D eigenvalue weighted by Crippen LogP contribution is 2.65. The number of rotatable bonds is 22. The average molecular weight is 1950 g/mol. The zero-order valence-corrected chi connectivity index (χ0v) is 80.3. The van der Waals surface area contributed by atoms with Crippen molar-refractivity contribution in [2.45, 2.75) is 151 Å². The summed E-state index contributed by atoms with van der Waals surface area (Å²) in [4.78, 5) is 94.2. The minimum Gasteiger partial charge on any atom is -0.493 e. The number of hydrogen-bond acceptors (Lipinski definition) is 32. The second kappa shape index (κ2) is 39.7. The summed E-state index contributed by atoms with van der Waals surface area (Å²) in [6.07, 6.45) is -1.24. The van der Waals surface area contributed by atoms with E-state index in [1.807, 2.05) is 101 Å². The summed E-state index contributed by atoms with van der Waals surface area (Å²) < 4.78 is 83.9. The van der Waals surface area contributed by atoms with E-state index >= 15 is 0 Å². The molecule has 16 rings (SSSR count). The molecule has 9 aliphatic heterocycles. The van der Waals surface area contributed by atoms with E-state index in [2.05, 4.69) is 74.4 Å². The second-order valence-electron chi connectivity index (χ2n) is 33.5. The Kier molecular flexibility index (Phi) is 29.7. The van der Waals surface area contributed by atoms with Crippen LogP contribution in [0.25, 0.3) is 11.1 Å². The fourth-order valence-electron chi connectivity index (χ4n) is 20.1. The molecule has 14 atom stereocenters. The number of ether oxygens (including phenoxy) is 15. The number of piperazine rings is 2. The zero-order valence-electron chi connectivity index (χ0n) is 74.1. The number of nitrogens with one attached hydrogen (secondary N) is 2. The first-order valence-corrected chi connectivity index (χ1v) is 46.1. The number of aliphatic hydroxyl groups is 1. The van der Waals surface area contributed by atoms with Gasteiger partial charge >= 0.3 is 30.1 Å². The van der Waals surface area contributed by atoms with Crippen LogP contribution in [0, 0.1) is 43.4 Å². The van der Waals surface area contributed by atoms with Gasteiger partial charge in [0.15, 0.2) is 71.0 Å². The number of nitrogens with zero attached hydrogens (tertiary/aromatic N) is 8. The molecule has 5 saturated heterocycles. The lowest BCUT2D eigenvalue weighted by atomic mass is 9.65. The van der Waals surface area contributed by atoms with Crippen molar-refractivity contribution in [1.29, 1.82) is 10.5 Å². The Morgan fingerprint density at radius 2 is 1.23 bits per heavy atom. The number of halogens is 6. The number of alkyl carbamates (subject to hydrolysis) is 2. The average Bonchev–Trinajstić information content (AvgIpc) is 0.988. The highest BCUT2D eigenvalue weighted by molar-refractivity contribution is 7.99. The number of ketones is 1. The van der Waals surface area contributed by atoms with Gasteiger partial charge in [-0.05, 0) is 99.1 Å². The highest BCUT2D eigenvalue weighted by Gasteiger charge is 2.66. The molecule has 0 aromatic heterocycles. The molecule has 32 nitrogen and oxygen atoms in total. The van der Waals surface area contributed by atoms with Gasteiger partial charge in [0.1, 0.15) is 56.3 Å². The number of likely N-dealkylation sites (N-methyl/N-ethyl adjacent to an activating group) is 2. The molecule has 2 aliphatic carbocycles. The van der Waals surface area contributed by atoms with Crippen LogP contribution in [0.1, 0.15) is 111 Å². The molecule has 5 fully saturated rings. The van der Waals surface area contributed by atoms with Crippen molar-refractivity contribution in [3.63, 3.8) is 0 Å². The minimum atomic E-state index is -2.18. The first-order chi connectivity index (χ1) is 61.9. The number of hydrogen-bond donors (Lipinski definition) is 3. The molecule has 0 spiro atoms. The van der Waals surface area contributed by atoms with Crippen LogP contribution in [0.3, 0.4) is 0 Å². The van der Waals surface area contributed by atoms with Gasteiger partial charge < -0.3 is 96.6 Å². The molecule has 11 aliphatic rings. The lowest BCUT2D eigenvalue weighted by molar-refractivity contribution is -0.159. The van der Waals surface area contributed by atoms with Gasteiger partial charge in [-0.2, -0.15) is 22.3 Å². The summed E-state index contributed by atoms with van der Waals surface area (Å²) in [6, 6.07) is 16.6. The Labute approximate surface area is 791 Å². The normalized spacial score (nSPS) is 25.0. The number of carbonyl (C=O) groups is 6. The number of piperidine rings is 1. The van der Waals surface area contributed by atoms with E-state index < -0.39 is 141 Å². The number of amides is 2. The fourth-order valence-corrected chi connectivity index (χ4v) is 23.1. The topological polar surface area (TPSA) is 352 Å². The number of fused-ring (bicyclic) bond motifs is 20. The zero-order chi connectivity index (χ0) is 93.8. The van der Waals surface area contributed by atoms with Crippen molar-refractivity contribution in [2.24, 2.45) is 0 Å². The molecule has 9 heterocycles. The standard InChI is InChI=1S/C48H49Cl3N4O11S.C36H39Cl3N4O11S.C6H14N2/c1-24-14-26-15-33-35(17-52)55-34(39(54(33)3)37(26)42(40(24)61-5)64-22-60-4)16-47(59)38(43-41(65-23-66-43)25(2)44(47)56)36(55)18-62-45(57)32(53-46(58)63-21-48(49,50)51)20-67-19-31-29-12-8-6-10-27(29)28-11-7-9-13-30(28)31;1-15-7-18-8-20-21(9-40)43-22-10-49-34(45)19(41-35(46)50-12-36(37,38)39)11-55-33(25-24(22)32-30(52-14-53-32)16(2)29(25)54-17(3)44)27(43)26(42(20)4)23(18)31(28(15)48-6)51-13-47-5;1-6(7(2)3)8(4)5/h6-14,31-36,39,59H,15-16,18-23H2,1-5H3,(H,53,58);7,19-22,26-27,33H,8,10-14H2,1-6H3,(H,41,46);1H2,2-5H3/t32-,33+,34?,35+,36+,39+,47?;19-,20+,21+,22+,26-,27?,33-;/m11./s1.